The third kappa shape index (κ3) is 5.07. The number of nitro groups is 1. The Morgan fingerprint density at radius 2 is 1.53 bits per heavy atom. The van der Waals surface area contributed by atoms with Crippen LogP contribution in [0.4, 0.5) is 21.5 Å². The van der Waals surface area contributed by atoms with Gasteiger partial charge in [0, 0.05) is 23.1 Å². The summed E-state index contributed by atoms with van der Waals surface area (Å²) in [6.45, 7) is 3.49. The van der Waals surface area contributed by atoms with Crippen LogP contribution < -0.4 is 10.3 Å². The van der Waals surface area contributed by atoms with Crippen LogP contribution >= 0.6 is 11.6 Å². The summed E-state index contributed by atoms with van der Waals surface area (Å²) in [5.41, 5.74) is 4.65. The van der Waals surface area contributed by atoms with Gasteiger partial charge in [0.25, 0.3) is 17.5 Å². The fraction of sp³-hybridized carbons (Fsp3) is 0.250. The van der Waals surface area contributed by atoms with Crippen LogP contribution in [0, 0.1) is 53.5 Å². The number of hydrogen-bond donors (Lipinski definition) is 2. The molecule has 2 heterocycles. The number of fused-ring (bicyclic) bond motifs is 4. The van der Waals surface area contributed by atoms with Crippen LogP contribution in [0.3, 0.4) is 0 Å². The molecular weight excluding hydrogens is 703 g/mol. The highest BCUT2D eigenvalue weighted by Crippen LogP contribution is 2.64. The Bertz CT molecular complexity index is 2250. The zero-order valence-corrected chi connectivity index (χ0v) is 29.2. The number of imide groups is 2. The van der Waals surface area contributed by atoms with E-state index in [0.717, 1.165) is 15.5 Å². The number of non-ortho nitro benzene ring substituents is 1. The summed E-state index contributed by atoms with van der Waals surface area (Å²) in [4.78, 5) is 70.3. The number of allylic oxidation sites excluding steroid dienone is 2. The smallest absolute Gasteiger partial charge is 0.269 e. The number of amides is 4. The van der Waals surface area contributed by atoms with Gasteiger partial charge < -0.3 is 5.11 Å². The highest BCUT2D eigenvalue weighted by atomic mass is 35.5. The third-order valence-electron chi connectivity index (χ3n) is 11.4. The quantitative estimate of drug-likeness (QED) is 0.0941. The van der Waals surface area contributed by atoms with Crippen LogP contribution in [-0.2, 0) is 24.6 Å². The highest BCUT2D eigenvalue weighted by molar-refractivity contribution is 6.30. The highest BCUT2D eigenvalue weighted by Gasteiger charge is 2.70. The lowest BCUT2D eigenvalue weighted by Gasteiger charge is -2.50. The number of carbonyl (C=O) groups is 4. The van der Waals surface area contributed by atoms with Crippen molar-refractivity contribution in [3.05, 3.63) is 140 Å². The van der Waals surface area contributed by atoms with E-state index in [0.29, 0.717) is 33.0 Å². The van der Waals surface area contributed by atoms with Crippen molar-refractivity contribution in [1.82, 2.24) is 5.01 Å². The first-order valence-corrected chi connectivity index (χ1v) is 17.5. The van der Waals surface area contributed by atoms with E-state index < -0.39 is 69.4 Å². The Hall–Kier alpha value is -5.88. The first-order valence-electron chi connectivity index (χ1n) is 17.1. The number of aromatic hydroxyl groups is 1. The number of nitrogens with zero attached hydrogens (tertiary/aromatic N) is 3. The second-order valence-corrected chi connectivity index (χ2v) is 14.6. The van der Waals surface area contributed by atoms with E-state index in [1.807, 2.05) is 6.08 Å². The topological polar surface area (TPSA) is 150 Å². The number of halogens is 2. The van der Waals surface area contributed by atoms with Crippen LogP contribution in [0.5, 0.6) is 5.75 Å². The van der Waals surface area contributed by atoms with Crippen molar-refractivity contribution in [1.29, 1.82) is 0 Å². The van der Waals surface area contributed by atoms with Crippen molar-refractivity contribution < 1.29 is 33.6 Å². The van der Waals surface area contributed by atoms with E-state index in [-0.39, 0.29) is 30.0 Å². The average molecular weight is 735 g/mol. The number of rotatable bonds is 6. The molecule has 4 aliphatic rings. The van der Waals surface area contributed by atoms with Crippen LogP contribution in [0.2, 0.25) is 5.02 Å². The van der Waals surface area contributed by atoms with Crippen LogP contribution in [0.15, 0.2) is 96.6 Å². The summed E-state index contributed by atoms with van der Waals surface area (Å²) in [5, 5.41) is 23.5. The molecule has 4 aromatic carbocycles. The number of aryl methyl sites for hydroxylation is 2. The lowest BCUT2D eigenvalue weighted by Crippen LogP contribution is -2.53. The van der Waals surface area contributed by atoms with Crippen molar-refractivity contribution in [3.8, 4) is 5.75 Å². The number of benzene rings is 4. The molecule has 11 nitrogen and oxygen atoms in total. The molecule has 0 aromatic heterocycles. The second kappa shape index (κ2) is 12.4. The third-order valence-corrected chi connectivity index (χ3v) is 11.7. The van der Waals surface area contributed by atoms with E-state index in [2.05, 4.69) is 5.43 Å². The molecule has 0 bridgehead atoms. The molecule has 0 radical (unpaired) electrons. The molecule has 4 aromatic rings. The van der Waals surface area contributed by atoms with Gasteiger partial charge in [-0.3, -0.25) is 39.6 Å². The number of phenols is 1. The van der Waals surface area contributed by atoms with Gasteiger partial charge in [-0.05, 0) is 103 Å². The Balaban J connectivity index is 1.32. The molecule has 53 heavy (non-hydrogen) atoms. The maximum Gasteiger partial charge on any atom is 0.269 e. The largest absolute Gasteiger partial charge is 0.507 e. The Kier molecular flexibility index (Phi) is 7.99. The van der Waals surface area contributed by atoms with E-state index in [1.165, 1.54) is 48.5 Å². The molecular formula is C40H32ClFN4O7. The normalized spacial score (nSPS) is 26.3. The molecule has 0 spiro atoms. The van der Waals surface area contributed by atoms with Gasteiger partial charge in [-0.15, -0.1) is 0 Å². The number of hydrazine groups is 1. The predicted molar refractivity (Wildman–Crippen MR) is 192 cm³/mol. The van der Waals surface area contributed by atoms with Crippen molar-refractivity contribution in [3.63, 3.8) is 0 Å². The van der Waals surface area contributed by atoms with Crippen molar-refractivity contribution in [2.75, 3.05) is 10.3 Å². The zero-order valence-electron chi connectivity index (χ0n) is 28.5. The fourth-order valence-corrected chi connectivity index (χ4v) is 9.29. The lowest BCUT2D eigenvalue weighted by atomic mass is 9.49. The van der Waals surface area contributed by atoms with Gasteiger partial charge >= 0.3 is 0 Å². The van der Waals surface area contributed by atoms with E-state index in [9.17, 15) is 34.0 Å². The summed E-state index contributed by atoms with van der Waals surface area (Å²) < 4.78 is 13.9. The molecule has 0 unspecified atom stereocenters. The minimum absolute atomic E-state index is 0.0431. The van der Waals surface area contributed by atoms with Crippen molar-refractivity contribution >= 4 is 52.3 Å². The lowest BCUT2D eigenvalue weighted by molar-refractivity contribution is -0.384. The van der Waals surface area contributed by atoms with Gasteiger partial charge in [-0.25, -0.2) is 4.39 Å². The van der Waals surface area contributed by atoms with Gasteiger partial charge in [-0.2, -0.15) is 5.01 Å². The van der Waals surface area contributed by atoms with Crippen LogP contribution in [0.1, 0.15) is 41.0 Å². The first-order chi connectivity index (χ1) is 25.3. The van der Waals surface area contributed by atoms with E-state index in [1.54, 1.807) is 50.2 Å². The van der Waals surface area contributed by atoms with Gasteiger partial charge in [-0.1, -0.05) is 47.5 Å². The number of carbonyl (C=O) groups excluding carboxylic acids is 4. The van der Waals surface area contributed by atoms with Gasteiger partial charge in [0.05, 0.1) is 39.5 Å². The molecule has 3 fully saturated rings. The molecule has 1 saturated carbocycles. The maximum atomic E-state index is 15.3. The molecule has 4 amide bonds. The molecule has 268 valence electrons. The number of anilines is 2. The summed E-state index contributed by atoms with van der Waals surface area (Å²) in [6.07, 6.45) is 2.14. The maximum absolute atomic E-state index is 15.3. The van der Waals surface area contributed by atoms with Gasteiger partial charge in [0.15, 0.2) is 0 Å². The predicted octanol–water partition coefficient (Wildman–Crippen LogP) is 6.90. The SMILES string of the molecule is Cc1cc([C@H]2C3=CC[C@@H]4C(=O)N(c5ccc([N+](=O)[O-])cc5)C(=O)[C@@H]4[C@@H]3C[C@H]3C(=O)N(Nc4ccc(F)cc4)C(=O)[C@@]23c2ccc(Cl)cc2)cc(C)c1O. The minimum Gasteiger partial charge on any atom is -0.507 e. The first kappa shape index (κ1) is 34.2. The summed E-state index contributed by atoms with van der Waals surface area (Å²) >= 11 is 6.36. The van der Waals surface area contributed by atoms with Gasteiger partial charge in [0.1, 0.15) is 11.6 Å². The monoisotopic (exact) mass is 734 g/mol. The molecule has 2 saturated heterocycles. The molecule has 2 aliphatic carbocycles. The molecule has 13 heteroatoms. The van der Waals surface area contributed by atoms with Crippen molar-refractivity contribution in [2.24, 2.45) is 23.7 Å². The molecule has 2 aliphatic heterocycles. The number of nitro benzene ring substituents is 1. The van der Waals surface area contributed by atoms with Crippen LogP contribution in [0.25, 0.3) is 0 Å². The average Bonchev–Trinajstić information content (AvgIpc) is 3.52. The number of nitrogens with one attached hydrogen (secondary N) is 1. The standard InChI is InChI=1S/C40H32ClFN4O7/c1-20-17-22(18-21(2)35(20)47)34-29-15-16-30-33(38(50)44(36(30)48)27-11-13-28(14-12-27)46(52)53)31(29)19-32-37(49)45(43-26-9-7-25(42)8-10-26)39(51)40(32,34)23-3-5-24(41)6-4-23/h3-15,17-18,30-34,43,47H,16,19H2,1-2H3/t30-,31+,32-,33-,34-,40+/m0/s1. The fourth-order valence-electron chi connectivity index (χ4n) is 9.16. The minimum atomic E-state index is -1.57. The molecule has 8 rings (SSSR count). The second-order valence-electron chi connectivity index (χ2n) is 14.2. The summed E-state index contributed by atoms with van der Waals surface area (Å²) in [7, 11) is 0. The zero-order chi connectivity index (χ0) is 37.5. The molecule has 2 N–H and O–H groups in total. The van der Waals surface area contributed by atoms with E-state index in [4.69, 9.17) is 11.6 Å². The summed E-state index contributed by atoms with van der Waals surface area (Å²) in [5.74, 6) is -6.64. The van der Waals surface area contributed by atoms with Crippen LogP contribution in [-0.4, -0.2) is 38.7 Å². The van der Waals surface area contributed by atoms with E-state index >= 15 is 4.79 Å². The number of phenolic OH excluding ortho intramolecular Hbond substituents is 1. The van der Waals surface area contributed by atoms with Gasteiger partial charge in [0.2, 0.25) is 11.8 Å². The van der Waals surface area contributed by atoms with Crippen molar-refractivity contribution in [2.45, 2.75) is 38.0 Å². The Morgan fingerprint density at radius 1 is 0.887 bits per heavy atom. The number of hydrogen-bond acceptors (Lipinski definition) is 8. The Morgan fingerprint density at radius 3 is 2.15 bits per heavy atom. The molecule has 6 atom stereocenters. The summed E-state index contributed by atoms with van der Waals surface area (Å²) in [6, 6.07) is 20.8. The Labute approximate surface area is 307 Å².